The van der Waals surface area contributed by atoms with Crippen molar-refractivity contribution in [1.29, 1.82) is 0 Å². The van der Waals surface area contributed by atoms with Crippen molar-refractivity contribution in [3.8, 4) is 5.88 Å². The summed E-state index contributed by atoms with van der Waals surface area (Å²) in [6.45, 7) is 1.23. The van der Waals surface area contributed by atoms with Crippen molar-refractivity contribution in [3.05, 3.63) is 59.3 Å². The molecule has 0 saturated carbocycles. The molecule has 5 nitrogen and oxygen atoms in total. The first-order valence-corrected chi connectivity index (χ1v) is 6.28. The van der Waals surface area contributed by atoms with Crippen LogP contribution in [0.1, 0.15) is 21.5 Å². The Morgan fingerprint density at radius 3 is 2.85 bits per heavy atom. The van der Waals surface area contributed by atoms with E-state index in [1.54, 1.807) is 25.4 Å². The second-order valence-corrected chi connectivity index (χ2v) is 4.33. The summed E-state index contributed by atoms with van der Waals surface area (Å²) in [7, 11) is 1.59. The summed E-state index contributed by atoms with van der Waals surface area (Å²) in [5.74, 6) is 0.176. The van der Waals surface area contributed by atoms with Gasteiger partial charge in [-0.2, -0.15) is 0 Å². The Kier molecular flexibility index (Phi) is 4.68. The minimum Gasteiger partial charge on any atom is -0.481 e. The second kappa shape index (κ2) is 6.68. The average Bonchev–Trinajstić information content (AvgIpc) is 2.48. The standard InChI is InChI=1S/C15H17N3O2/c1-20-14-8-11(6-7-18-14)9-17-10-12-4-2-3-5-13(12)15(16)19/h2-8,17H,9-10H2,1H3,(H2,16,19). The number of carbonyl (C=O) groups is 1. The summed E-state index contributed by atoms with van der Waals surface area (Å²) in [5.41, 5.74) is 7.85. The number of primary amides is 1. The van der Waals surface area contributed by atoms with Gasteiger partial charge < -0.3 is 15.8 Å². The molecule has 2 aromatic rings. The molecule has 0 fully saturated rings. The quantitative estimate of drug-likeness (QED) is 0.834. The fourth-order valence-corrected chi connectivity index (χ4v) is 1.93. The Hall–Kier alpha value is -2.40. The van der Waals surface area contributed by atoms with Crippen LogP contribution in [-0.4, -0.2) is 18.0 Å². The van der Waals surface area contributed by atoms with Crippen molar-refractivity contribution in [1.82, 2.24) is 10.3 Å². The predicted octanol–water partition coefficient (Wildman–Crippen LogP) is 1.48. The number of benzene rings is 1. The van der Waals surface area contributed by atoms with Crippen LogP contribution in [0, 0.1) is 0 Å². The highest BCUT2D eigenvalue weighted by atomic mass is 16.5. The molecule has 0 radical (unpaired) electrons. The van der Waals surface area contributed by atoms with E-state index >= 15 is 0 Å². The van der Waals surface area contributed by atoms with Gasteiger partial charge in [-0.15, -0.1) is 0 Å². The third-order valence-corrected chi connectivity index (χ3v) is 2.94. The van der Waals surface area contributed by atoms with Crippen LogP contribution in [0.4, 0.5) is 0 Å². The van der Waals surface area contributed by atoms with Gasteiger partial charge in [-0.3, -0.25) is 4.79 Å². The van der Waals surface area contributed by atoms with E-state index in [0.29, 0.717) is 24.5 Å². The fraction of sp³-hybridized carbons (Fsp3) is 0.200. The zero-order chi connectivity index (χ0) is 14.4. The molecule has 0 unspecified atom stereocenters. The van der Waals surface area contributed by atoms with Crippen LogP contribution in [0.3, 0.4) is 0 Å². The molecule has 1 amide bonds. The van der Waals surface area contributed by atoms with Gasteiger partial charge in [0.2, 0.25) is 11.8 Å². The molecular weight excluding hydrogens is 254 g/mol. The zero-order valence-electron chi connectivity index (χ0n) is 11.3. The third kappa shape index (κ3) is 3.55. The van der Waals surface area contributed by atoms with E-state index in [0.717, 1.165) is 11.1 Å². The van der Waals surface area contributed by atoms with Crippen LogP contribution in [0.2, 0.25) is 0 Å². The van der Waals surface area contributed by atoms with Gasteiger partial charge in [-0.25, -0.2) is 4.98 Å². The average molecular weight is 271 g/mol. The first-order chi connectivity index (χ1) is 9.70. The smallest absolute Gasteiger partial charge is 0.249 e. The van der Waals surface area contributed by atoms with E-state index in [1.807, 2.05) is 24.3 Å². The third-order valence-electron chi connectivity index (χ3n) is 2.94. The molecule has 1 aromatic carbocycles. The maximum Gasteiger partial charge on any atom is 0.249 e. The summed E-state index contributed by atoms with van der Waals surface area (Å²) in [6.07, 6.45) is 1.70. The van der Waals surface area contributed by atoms with Crippen LogP contribution < -0.4 is 15.8 Å². The van der Waals surface area contributed by atoms with Crippen LogP contribution >= 0.6 is 0 Å². The Morgan fingerprint density at radius 2 is 2.10 bits per heavy atom. The summed E-state index contributed by atoms with van der Waals surface area (Å²) < 4.78 is 5.07. The highest BCUT2D eigenvalue weighted by Gasteiger charge is 2.06. The number of hydrogen-bond acceptors (Lipinski definition) is 4. The van der Waals surface area contributed by atoms with Crippen molar-refractivity contribution in [3.63, 3.8) is 0 Å². The number of pyridine rings is 1. The van der Waals surface area contributed by atoms with Gasteiger partial charge in [0, 0.05) is 30.9 Å². The minimum absolute atomic E-state index is 0.409. The number of ether oxygens (including phenoxy) is 1. The van der Waals surface area contributed by atoms with Crippen molar-refractivity contribution < 1.29 is 9.53 Å². The maximum absolute atomic E-state index is 11.3. The van der Waals surface area contributed by atoms with Gasteiger partial charge in [0.25, 0.3) is 0 Å². The molecule has 1 aromatic heterocycles. The number of nitrogens with one attached hydrogen (secondary N) is 1. The molecule has 0 saturated heterocycles. The van der Waals surface area contributed by atoms with Crippen molar-refractivity contribution in [2.75, 3.05) is 7.11 Å². The Morgan fingerprint density at radius 1 is 1.30 bits per heavy atom. The number of methoxy groups -OCH3 is 1. The first kappa shape index (κ1) is 14.0. The Balaban J connectivity index is 1.97. The molecule has 0 aliphatic heterocycles. The van der Waals surface area contributed by atoms with E-state index in [2.05, 4.69) is 10.3 Å². The van der Waals surface area contributed by atoms with Crippen molar-refractivity contribution in [2.24, 2.45) is 5.73 Å². The number of nitrogens with zero attached hydrogens (tertiary/aromatic N) is 1. The van der Waals surface area contributed by atoms with Crippen LogP contribution in [-0.2, 0) is 13.1 Å². The van der Waals surface area contributed by atoms with Crippen LogP contribution in [0.25, 0.3) is 0 Å². The Labute approximate surface area is 117 Å². The van der Waals surface area contributed by atoms with E-state index in [-0.39, 0.29) is 0 Å². The monoisotopic (exact) mass is 271 g/mol. The largest absolute Gasteiger partial charge is 0.481 e. The second-order valence-electron chi connectivity index (χ2n) is 4.33. The van der Waals surface area contributed by atoms with E-state index in [9.17, 15) is 4.79 Å². The summed E-state index contributed by atoms with van der Waals surface area (Å²) in [4.78, 5) is 15.4. The van der Waals surface area contributed by atoms with Gasteiger partial charge in [0.15, 0.2) is 0 Å². The lowest BCUT2D eigenvalue weighted by Gasteiger charge is -2.09. The number of aromatic nitrogens is 1. The number of amides is 1. The lowest BCUT2D eigenvalue weighted by atomic mass is 10.1. The normalized spacial score (nSPS) is 10.2. The first-order valence-electron chi connectivity index (χ1n) is 6.28. The lowest BCUT2D eigenvalue weighted by molar-refractivity contribution is 0.0999. The van der Waals surface area contributed by atoms with Gasteiger partial charge in [-0.1, -0.05) is 18.2 Å². The molecule has 3 N–H and O–H groups in total. The van der Waals surface area contributed by atoms with Gasteiger partial charge >= 0.3 is 0 Å². The molecule has 0 aliphatic rings. The topological polar surface area (TPSA) is 77.2 Å². The van der Waals surface area contributed by atoms with Crippen LogP contribution in [0.15, 0.2) is 42.6 Å². The van der Waals surface area contributed by atoms with Gasteiger partial charge in [0.1, 0.15) is 0 Å². The molecule has 1 heterocycles. The Bertz CT molecular complexity index is 599. The molecule has 0 spiro atoms. The maximum atomic E-state index is 11.3. The van der Waals surface area contributed by atoms with Gasteiger partial charge in [-0.05, 0) is 23.3 Å². The molecular formula is C15H17N3O2. The minimum atomic E-state index is -0.409. The number of rotatable bonds is 6. The highest BCUT2D eigenvalue weighted by molar-refractivity contribution is 5.94. The lowest BCUT2D eigenvalue weighted by Crippen LogP contribution is -2.18. The number of hydrogen-bond donors (Lipinski definition) is 2. The highest BCUT2D eigenvalue weighted by Crippen LogP contribution is 2.10. The van der Waals surface area contributed by atoms with E-state index in [1.165, 1.54) is 0 Å². The summed E-state index contributed by atoms with van der Waals surface area (Å²) >= 11 is 0. The van der Waals surface area contributed by atoms with E-state index < -0.39 is 5.91 Å². The van der Waals surface area contributed by atoms with Gasteiger partial charge in [0.05, 0.1) is 7.11 Å². The molecule has 0 bridgehead atoms. The predicted molar refractivity (Wildman–Crippen MR) is 76.3 cm³/mol. The van der Waals surface area contributed by atoms with Crippen LogP contribution in [0.5, 0.6) is 5.88 Å². The molecule has 20 heavy (non-hydrogen) atoms. The molecule has 0 aliphatic carbocycles. The summed E-state index contributed by atoms with van der Waals surface area (Å²) in [6, 6.07) is 11.1. The van der Waals surface area contributed by atoms with E-state index in [4.69, 9.17) is 10.5 Å². The number of carbonyl (C=O) groups excluding carboxylic acids is 1. The molecule has 5 heteroatoms. The summed E-state index contributed by atoms with van der Waals surface area (Å²) in [5, 5.41) is 3.27. The number of nitrogens with two attached hydrogens (primary N) is 1. The SMILES string of the molecule is COc1cc(CNCc2ccccc2C(N)=O)ccn1. The fourth-order valence-electron chi connectivity index (χ4n) is 1.93. The van der Waals surface area contributed by atoms with Crippen molar-refractivity contribution >= 4 is 5.91 Å². The van der Waals surface area contributed by atoms with Crippen molar-refractivity contribution in [2.45, 2.75) is 13.1 Å². The molecule has 2 rings (SSSR count). The molecule has 0 atom stereocenters. The molecule has 104 valence electrons. The zero-order valence-corrected chi connectivity index (χ0v) is 11.3.